The lowest BCUT2D eigenvalue weighted by molar-refractivity contribution is -0.137. The number of H-pyrrole nitrogens is 1. The van der Waals surface area contributed by atoms with Crippen molar-refractivity contribution in [2.24, 2.45) is 5.73 Å². The average molecular weight is 336 g/mol. The highest BCUT2D eigenvalue weighted by Gasteiger charge is 2.30. The van der Waals surface area contributed by atoms with E-state index in [9.17, 15) is 17.6 Å². The van der Waals surface area contributed by atoms with E-state index in [0.717, 1.165) is 34.2 Å². The summed E-state index contributed by atoms with van der Waals surface area (Å²) in [4.78, 5) is 3.07. The molecule has 3 rings (SSSR count). The largest absolute Gasteiger partial charge is 0.416 e. The molecule has 1 aromatic heterocycles. The minimum atomic E-state index is -4.35. The summed E-state index contributed by atoms with van der Waals surface area (Å²) in [6.45, 7) is 0.310. The van der Waals surface area contributed by atoms with Crippen molar-refractivity contribution in [3.63, 3.8) is 0 Å². The van der Waals surface area contributed by atoms with Crippen LogP contribution in [0.5, 0.6) is 0 Å². The van der Waals surface area contributed by atoms with Crippen molar-refractivity contribution in [1.82, 2.24) is 4.98 Å². The first-order chi connectivity index (χ1) is 11.4. The molecule has 2 nitrogen and oxygen atoms in total. The van der Waals surface area contributed by atoms with Crippen LogP contribution in [0, 0.1) is 5.82 Å². The Hall–Kier alpha value is -2.34. The fraction of sp³-hybridized carbons (Fsp3) is 0.222. The van der Waals surface area contributed by atoms with Gasteiger partial charge < -0.3 is 10.7 Å². The molecule has 1 unspecified atom stereocenters. The maximum absolute atomic E-state index is 13.5. The highest BCUT2D eigenvalue weighted by molar-refractivity contribution is 5.83. The minimum Gasteiger partial charge on any atom is -0.361 e. The van der Waals surface area contributed by atoms with Gasteiger partial charge in [-0.15, -0.1) is 0 Å². The quantitative estimate of drug-likeness (QED) is 0.671. The second-order valence-electron chi connectivity index (χ2n) is 5.77. The Kier molecular flexibility index (Phi) is 4.32. The molecular weight excluding hydrogens is 320 g/mol. The summed E-state index contributed by atoms with van der Waals surface area (Å²) in [7, 11) is 0. The molecule has 3 N–H and O–H groups in total. The van der Waals surface area contributed by atoms with Crippen LogP contribution < -0.4 is 5.73 Å². The van der Waals surface area contributed by atoms with Gasteiger partial charge in [-0.3, -0.25) is 0 Å². The Balaban J connectivity index is 1.87. The second kappa shape index (κ2) is 6.28. The number of rotatable bonds is 4. The molecule has 0 aliphatic rings. The summed E-state index contributed by atoms with van der Waals surface area (Å²) < 4.78 is 51.4. The number of alkyl halides is 3. The summed E-state index contributed by atoms with van der Waals surface area (Å²) >= 11 is 0. The third-order valence-electron chi connectivity index (χ3n) is 4.16. The maximum atomic E-state index is 13.5. The fourth-order valence-electron chi connectivity index (χ4n) is 2.89. The van der Waals surface area contributed by atoms with Crippen LogP contribution in [0.25, 0.3) is 10.9 Å². The van der Waals surface area contributed by atoms with E-state index in [2.05, 4.69) is 4.98 Å². The zero-order valence-corrected chi connectivity index (χ0v) is 12.7. The molecule has 0 saturated heterocycles. The zero-order valence-electron chi connectivity index (χ0n) is 12.7. The van der Waals surface area contributed by atoms with Gasteiger partial charge in [-0.2, -0.15) is 13.2 Å². The van der Waals surface area contributed by atoms with E-state index in [-0.39, 0.29) is 11.7 Å². The first-order valence-corrected chi connectivity index (χ1v) is 7.51. The molecule has 126 valence electrons. The Labute approximate surface area is 136 Å². The highest BCUT2D eigenvalue weighted by Crippen LogP contribution is 2.31. The van der Waals surface area contributed by atoms with Crippen LogP contribution in [0.15, 0.2) is 48.7 Å². The molecule has 1 atom stereocenters. The SMILES string of the molecule is NCC(Cc1ccc(C(F)(F)F)cc1)c1c[nH]c2ccc(F)cc12. The van der Waals surface area contributed by atoms with Gasteiger partial charge in [0.2, 0.25) is 0 Å². The van der Waals surface area contributed by atoms with E-state index in [1.165, 1.54) is 24.3 Å². The topological polar surface area (TPSA) is 41.8 Å². The van der Waals surface area contributed by atoms with Gasteiger partial charge in [0.05, 0.1) is 5.56 Å². The first-order valence-electron chi connectivity index (χ1n) is 7.51. The molecule has 0 amide bonds. The molecule has 0 aliphatic carbocycles. The van der Waals surface area contributed by atoms with Crippen LogP contribution >= 0.6 is 0 Å². The molecule has 0 fully saturated rings. The number of halogens is 4. The van der Waals surface area contributed by atoms with E-state index in [4.69, 9.17) is 5.73 Å². The van der Waals surface area contributed by atoms with Crippen LogP contribution in [0.4, 0.5) is 17.6 Å². The minimum absolute atomic E-state index is 0.114. The predicted octanol–water partition coefficient (Wildman–Crippen LogP) is 4.61. The number of aromatic nitrogens is 1. The van der Waals surface area contributed by atoms with Gasteiger partial charge in [-0.05, 0) is 54.4 Å². The molecule has 6 heteroatoms. The van der Waals surface area contributed by atoms with E-state index in [1.54, 1.807) is 12.3 Å². The Morgan fingerprint density at radius 1 is 1.04 bits per heavy atom. The number of hydrogen-bond acceptors (Lipinski definition) is 1. The molecule has 0 saturated carbocycles. The average Bonchev–Trinajstić information content (AvgIpc) is 2.95. The van der Waals surface area contributed by atoms with Gasteiger partial charge in [0.1, 0.15) is 5.82 Å². The summed E-state index contributed by atoms with van der Waals surface area (Å²) in [5.41, 5.74) is 7.60. The van der Waals surface area contributed by atoms with Gasteiger partial charge >= 0.3 is 6.18 Å². The van der Waals surface area contributed by atoms with Crippen molar-refractivity contribution >= 4 is 10.9 Å². The standard InChI is InChI=1S/C18H16F4N2/c19-14-5-6-17-15(8-14)16(10-24-17)12(9-23)7-11-1-3-13(4-2-11)18(20,21)22/h1-6,8,10,12,24H,7,9,23H2. The first kappa shape index (κ1) is 16.5. The lowest BCUT2D eigenvalue weighted by Crippen LogP contribution is -2.15. The molecule has 1 heterocycles. The summed E-state index contributed by atoms with van der Waals surface area (Å²) in [5, 5.41) is 0.748. The van der Waals surface area contributed by atoms with Gasteiger partial charge in [-0.1, -0.05) is 12.1 Å². The molecule has 2 aromatic carbocycles. The Morgan fingerprint density at radius 2 is 1.75 bits per heavy atom. The number of nitrogens with one attached hydrogen (secondary N) is 1. The Bertz CT molecular complexity index is 834. The smallest absolute Gasteiger partial charge is 0.361 e. The number of hydrogen-bond donors (Lipinski definition) is 2. The van der Waals surface area contributed by atoms with Crippen molar-refractivity contribution in [1.29, 1.82) is 0 Å². The highest BCUT2D eigenvalue weighted by atomic mass is 19.4. The van der Waals surface area contributed by atoms with Gasteiger partial charge in [0.25, 0.3) is 0 Å². The Morgan fingerprint density at radius 3 is 2.38 bits per heavy atom. The molecule has 0 bridgehead atoms. The van der Waals surface area contributed by atoms with E-state index >= 15 is 0 Å². The van der Waals surface area contributed by atoms with Crippen LogP contribution in [0.2, 0.25) is 0 Å². The molecular formula is C18H16F4N2. The van der Waals surface area contributed by atoms with Gasteiger partial charge in [0, 0.05) is 23.0 Å². The summed E-state index contributed by atoms with van der Waals surface area (Å²) in [6, 6.07) is 9.52. The molecule has 0 aliphatic heterocycles. The second-order valence-corrected chi connectivity index (χ2v) is 5.77. The fourth-order valence-corrected chi connectivity index (χ4v) is 2.89. The van der Waals surface area contributed by atoms with Crippen molar-refractivity contribution in [2.75, 3.05) is 6.54 Å². The molecule has 0 radical (unpaired) electrons. The van der Waals surface area contributed by atoms with Crippen molar-refractivity contribution in [2.45, 2.75) is 18.5 Å². The number of aromatic amines is 1. The van der Waals surface area contributed by atoms with Crippen LogP contribution in [0.1, 0.15) is 22.6 Å². The number of benzene rings is 2. The van der Waals surface area contributed by atoms with Crippen LogP contribution in [0.3, 0.4) is 0 Å². The monoisotopic (exact) mass is 336 g/mol. The molecule has 0 spiro atoms. The lowest BCUT2D eigenvalue weighted by Gasteiger charge is -2.15. The normalized spacial score (nSPS) is 13.4. The summed E-state index contributed by atoms with van der Waals surface area (Å²) in [5.74, 6) is -0.453. The maximum Gasteiger partial charge on any atom is 0.416 e. The van der Waals surface area contributed by atoms with E-state index in [0.29, 0.717) is 13.0 Å². The number of fused-ring (bicyclic) bond motifs is 1. The lowest BCUT2D eigenvalue weighted by atomic mass is 9.91. The van der Waals surface area contributed by atoms with Gasteiger partial charge in [-0.25, -0.2) is 4.39 Å². The van der Waals surface area contributed by atoms with Crippen molar-refractivity contribution in [3.05, 3.63) is 71.2 Å². The third kappa shape index (κ3) is 3.28. The summed E-state index contributed by atoms with van der Waals surface area (Å²) in [6.07, 6.45) is -2.08. The third-order valence-corrected chi connectivity index (χ3v) is 4.16. The van der Waals surface area contributed by atoms with Crippen LogP contribution in [-0.2, 0) is 12.6 Å². The predicted molar refractivity (Wildman–Crippen MR) is 85.2 cm³/mol. The zero-order chi connectivity index (χ0) is 17.3. The van der Waals surface area contributed by atoms with Crippen molar-refractivity contribution < 1.29 is 17.6 Å². The molecule has 3 aromatic rings. The van der Waals surface area contributed by atoms with Crippen LogP contribution in [-0.4, -0.2) is 11.5 Å². The van der Waals surface area contributed by atoms with Gasteiger partial charge in [0.15, 0.2) is 0 Å². The van der Waals surface area contributed by atoms with Crippen molar-refractivity contribution in [3.8, 4) is 0 Å². The molecule has 24 heavy (non-hydrogen) atoms. The van der Waals surface area contributed by atoms with E-state index in [1.807, 2.05) is 0 Å². The number of nitrogens with two attached hydrogens (primary N) is 1. The van der Waals surface area contributed by atoms with E-state index < -0.39 is 11.7 Å².